The molecular formula is C56H35NOS. The lowest BCUT2D eigenvalue weighted by Gasteiger charge is -2.27. The zero-order valence-electron chi connectivity index (χ0n) is 32.0. The predicted molar refractivity (Wildman–Crippen MR) is 253 cm³/mol. The molecule has 0 aliphatic heterocycles. The number of nitrogens with zero attached hydrogens (tertiary/aromatic N) is 1. The molecule has 2 nitrogen and oxygen atoms in total. The van der Waals surface area contributed by atoms with Gasteiger partial charge in [0.2, 0.25) is 0 Å². The van der Waals surface area contributed by atoms with Crippen molar-refractivity contribution >= 4 is 92.1 Å². The number of rotatable bonds is 6. The molecular weight excluding hydrogens is 735 g/mol. The summed E-state index contributed by atoms with van der Waals surface area (Å²) in [4.78, 5) is 2.42. The minimum absolute atomic E-state index is 0.860. The maximum atomic E-state index is 7.00. The Bertz CT molecular complexity index is 3560. The predicted octanol–water partition coefficient (Wildman–Crippen LogP) is 16.7. The Labute approximate surface area is 345 Å². The molecule has 0 spiro atoms. The van der Waals surface area contributed by atoms with Gasteiger partial charge in [0.05, 0.1) is 16.1 Å². The highest BCUT2D eigenvalue weighted by Gasteiger charge is 2.25. The fourth-order valence-corrected chi connectivity index (χ4v) is 10.3. The Hall–Kier alpha value is -7.46. The molecule has 0 amide bonds. The summed E-state index contributed by atoms with van der Waals surface area (Å²) in [7, 11) is 0. The summed E-state index contributed by atoms with van der Waals surface area (Å²) in [6, 6.07) is 76.8. The Morgan fingerprint density at radius 2 is 0.966 bits per heavy atom. The van der Waals surface area contributed by atoms with Crippen LogP contribution in [0.5, 0.6) is 0 Å². The standard InChI is InChI=1S/C56H35NOS/c1-2-14-39(15-3-1)46-19-10-20-47-48-21-11-22-51(56(48)59-55(46)47)57(44-30-28-38(29-31-44)42-26-24-36-12-4-6-16-40(36)34-42)50-33-32-45(43-27-25-37-13-5-7-17-41(37)35-43)53-49-18-8-9-23-52(49)58-54(50)53/h1-35H. The van der Waals surface area contributed by atoms with Crippen LogP contribution in [0.15, 0.2) is 217 Å². The van der Waals surface area contributed by atoms with Crippen LogP contribution in [0, 0.1) is 0 Å². The van der Waals surface area contributed by atoms with E-state index in [1.165, 1.54) is 64.0 Å². The summed E-state index contributed by atoms with van der Waals surface area (Å²) in [5.41, 5.74) is 12.1. The van der Waals surface area contributed by atoms with Crippen molar-refractivity contribution in [2.75, 3.05) is 4.90 Å². The molecule has 0 unspecified atom stereocenters. The molecule has 59 heavy (non-hydrogen) atoms. The summed E-state index contributed by atoms with van der Waals surface area (Å²) in [5, 5.41) is 9.65. The first-order chi connectivity index (χ1) is 29.2. The van der Waals surface area contributed by atoms with E-state index in [0.29, 0.717) is 0 Å². The van der Waals surface area contributed by atoms with Crippen LogP contribution in [0.25, 0.3) is 97.0 Å². The van der Waals surface area contributed by atoms with Crippen LogP contribution in [-0.2, 0) is 0 Å². The number of hydrogen-bond acceptors (Lipinski definition) is 3. The number of para-hydroxylation sites is 1. The molecule has 0 aliphatic rings. The van der Waals surface area contributed by atoms with Gasteiger partial charge >= 0.3 is 0 Å². The highest BCUT2D eigenvalue weighted by atomic mass is 32.1. The third-order valence-corrected chi connectivity index (χ3v) is 13.1. The lowest BCUT2D eigenvalue weighted by atomic mass is 9.96. The number of hydrogen-bond donors (Lipinski definition) is 0. The minimum Gasteiger partial charge on any atom is -0.454 e. The van der Waals surface area contributed by atoms with Crippen LogP contribution >= 0.6 is 11.3 Å². The Morgan fingerprint density at radius 1 is 0.356 bits per heavy atom. The number of anilines is 3. The van der Waals surface area contributed by atoms with Crippen LogP contribution in [0.4, 0.5) is 17.1 Å². The van der Waals surface area contributed by atoms with Gasteiger partial charge in [-0.2, -0.15) is 0 Å². The van der Waals surface area contributed by atoms with Crippen molar-refractivity contribution in [2.45, 2.75) is 0 Å². The van der Waals surface area contributed by atoms with Gasteiger partial charge in [-0.1, -0.05) is 170 Å². The molecule has 0 saturated heterocycles. The van der Waals surface area contributed by atoms with Crippen molar-refractivity contribution in [2.24, 2.45) is 0 Å². The minimum atomic E-state index is 0.860. The molecule has 0 saturated carbocycles. The largest absolute Gasteiger partial charge is 0.454 e. The van der Waals surface area contributed by atoms with Gasteiger partial charge in [0.15, 0.2) is 5.58 Å². The van der Waals surface area contributed by atoms with E-state index < -0.39 is 0 Å². The van der Waals surface area contributed by atoms with Gasteiger partial charge < -0.3 is 9.32 Å². The lowest BCUT2D eigenvalue weighted by Crippen LogP contribution is -2.10. The van der Waals surface area contributed by atoms with Gasteiger partial charge in [-0.25, -0.2) is 0 Å². The summed E-state index contributed by atoms with van der Waals surface area (Å²) in [6.45, 7) is 0. The number of furan rings is 1. The Kier molecular flexibility index (Phi) is 7.75. The zero-order chi connectivity index (χ0) is 38.9. The smallest absolute Gasteiger partial charge is 0.160 e. The van der Waals surface area contributed by atoms with Crippen LogP contribution in [0.3, 0.4) is 0 Å². The van der Waals surface area contributed by atoms with Gasteiger partial charge in [0.25, 0.3) is 0 Å². The third kappa shape index (κ3) is 5.55. The van der Waals surface area contributed by atoms with Crippen molar-refractivity contribution in [1.82, 2.24) is 0 Å². The highest BCUT2D eigenvalue weighted by Crippen LogP contribution is 2.50. The van der Waals surface area contributed by atoms with Crippen LogP contribution < -0.4 is 4.90 Å². The molecule has 276 valence electrons. The topological polar surface area (TPSA) is 16.4 Å². The third-order valence-electron chi connectivity index (χ3n) is 11.8. The van der Waals surface area contributed by atoms with Crippen molar-refractivity contribution < 1.29 is 4.42 Å². The van der Waals surface area contributed by atoms with E-state index in [2.05, 4.69) is 217 Å². The van der Waals surface area contributed by atoms with E-state index in [4.69, 9.17) is 4.42 Å². The quantitative estimate of drug-likeness (QED) is 0.167. The number of thiophene rings is 1. The van der Waals surface area contributed by atoms with Crippen molar-refractivity contribution in [1.29, 1.82) is 0 Å². The van der Waals surface area contributed by atoms with Gasteiger partial charge in [-0.05, 0) is 97.4 Å². The van der Waals surface area contributed by atoms with E-state index in [9.17, 15) is 0 Å². The fourth-order valence-electron chi connectivity index (χ4n) is 8.99. The zero-order valence-corrected chi connectivity index (χ0v) is 32.8. The second-order valence-electron chi connectivity index (χ2n) is 15.2. The van der Waals surface area contributed by atoms with Crippen molar-refractivity contribution in [3.63, 3.8) is 0 Å². The van der Waals surface area contributed by atoms with Gasteiger partial charge in [-0.3, -0.25) is 0 Å². The molecule has 0 bridgehead atoms. The molecule has 0 radical (unpaired) electrons. The maximum absolute atomic E-state index is 7.00. The van der Waals surface area contributed by atoms with Gasteiger partial charge in [0, 0.05) is 31.9 Å². The first-order valence-electron chi connectivity index (χ1n) is 20.1. The lowest BCUT2D eigenvalue weighted by molar-refractivity contribution is 0.669. The monoisotopic (exact) mass is 769 g/mol. The molecule has 0 fully saturated rings. The van der Waals surface area contributed by atoms with Gasteiger partial charge in [-0.15, -0.1) is 11.3 Å². The number of fused-ring (bicyclic) bond motifs is 8. The van der Waals surface area contributed by atoms with E-state index in [-0.39, 0.29) is 0 Å². The normalized spacial score (nSPS) is 11.7. The van der Waals surface area contributed by atoms with Crippen LogP contribution in [0.1, 0.15) is 0 Å². The average Bonchev–Trinajstić information content (AvgIpc) is 3.89. The van der Waals surface area contributed by atoms with E-state index in [1.807, 2.05) is 11.3 Å². The van der Waals surface area contributed by atoms with E-state index in [0.717, 1.165) is 50.1 Å². The molecule has 0 atom stereocenters. The van der Waals surface area contributed by atoms with Crippen LogP contribution in [-0.4, -0.2) is 0 Å². The molecule has 3 heteroatoms. The van der Waals surface area contributed by atoms with Crippen molar-refractivity contribution in [3.8, 4) is 33.4 Å². The first-order valence-corrected chi connectivity index (χ1v) is 20.9. The summed E-state index contributed by atoms with van der Waals surface area (Å²) < 4.78 is 9.52. The molecule has 12 aromatic rings. The first kappa shape index (κ1) is 33.7. The van der Waals surface area contributed by atoms with E-state index in [1.54, 1.807) is 0 Å². The molecule has 2 heterocycles. The maximum Gasteiger partial charge on any atom is 0.160 e. The van der Waals surface area contributed by atoms with Crippen molar-refractivity contribution in [3.05, 3.63) is 212 Å². The molecule has 0 N–H and O–H groups in total. The second kappa shape index (κ2) is 13.6. The number of benzene rings is 10. The summed E-state index contributed by atoms with van der Waals surface area (Å²) in [5.74, 6) is 0. The molecule has 0 aliphatic carbocycles. The van der Waals surface area contributed by atoms with Crippen LogP contribution in [0.2, 0.25) is 0 Å². The summed E-state index contributed by atoms with van der Waals surface area (Å²) in [6.07, 6.45) is 0. The summed E-state index contributed by atoms with van der Waals surface area (Å²) >= 11 is 1.87. The Balaban J connectivity index is 1.11. The molecule has 12 rings (SSSR count). The SMILES string of the molecule is c1ccc(-c2cccc3c2sc2c(N(c4ccc(-c5ccc6ccccc6c5)cc4)c4ccc(-c5ccc6ccccc6c5)c5c4oc4ccccc45)cccc23)cc1. The average molecular weight is 770 g/mol. The molecule has 10 aromatic carbocycles. The highest BCUT2D eigenvalue weighted by molar-refractivity contribution is 7.27. The fraction of sp³-hybridized carbons (Fsp3) is 0. The van der Waals surface area contributed by atoms with Gasteiger partial charge in [0.1, 0.15) is 5.58 Å². The second-order valence-corrected chi connectivity index (χ2v) is 16.3. The Morgan fingerprint density at radius 3 is 1.75 bits per heavy atom. The molecule has 2 aromatic heterocycles. The van der Waals surface area contributed by atoms with E-state index >= 15 is 0 Å².